The number of amides is 1. The Balaban J connectivity index is 1.69. The first kappa shape index (κ1) is 58.9. The maximum absolute atomic E-state index is 14.5. The number of Topliss-reactive ketones (excluding diaryl/α,β-unsaturated/α-hetero) is 3. The van der Waals surface area contributed by atoms with Gasteiger partial charge in [0.2, 0.25) is 5.79 Å². The van der Waals surface area contributed by atoms with Gasteiger partial charge in [0.05, 0.1) is 24.4 Å². The standard InChI is InChI=1S/C54H84INO13/c1-33-17-12-11-13-18-34(2)45(64-8)31-41-22-20-39(7)54(63,69-41)51(60)52(61)56-25-15-14-19-42(56)53(62)68-46(36(4)29-40-21-23-44(47(30-40)65-9)67-26-16-24-55)32-43(57)35(3)28-38(6)49(59)50(66-10)48(58)37(5)27-33/h11-13,17-18,28,33,35-37,39-42,44-47,49-50,59,63H,14-16,19-27,29-32H2,1-10H3/b13-11+,17-12+,34-18+,38-28+/t33-,35-,36-,37-,39-,40+,41+,42?,44-,45+,46+,47-,49-,50+,54-/m1/s1. The van der Waals surface area contributed by atoms with Crippen LogP contribution < -0.4 is 0 Å². The molecule has 0 aromatic rings. The lowest BCUT2D eigenvalue weighted by molar-refractivity contribution is -0.265. The Kier molecular flexibility index (Phi) is 24.4. The predicted octanol–water partition coefficient (Wildman–Crippen LogP) is 8.03. The number of methoxy groups -OCH3 is 3. The Morgan fingerprint density at radius 1 is 0.870 bits per heavy atom. The molecule has 1 unspecified atom stereocenters. The molecule has 69 heavy (non-hydrogen) atoms. The number of carbonyl (C=O) groups excluding carboxylic acids is 5. The van der Waals surface area contributed by atoms with Gasteiger partial charge in [0.25, 0.3) is 11.7 Å². The van der Waals surface area contributed by atoms with Gasteiger partial charge in [0, 0.05) is 69.5 Å². The van der Waals surface area contributed by atoms with Crippen LogP contribution in [-0.2, 0) is 52.4 Å². The van der Waals surface area contributed by atoms with Gasteiger partial charge in [-0.1, -0.05) is 93.7 Å². The number of hydrogen-bond acceptors (Lipinski definition) is 13. The molecule has 390 valence electrons. The molecule has 2 saturated heterocycles. The zero-order chi connectivity index (χ0) is 51.0. The van der Waals surface area contributed by atoms with Crippen LogP contribution in [0.15, 0.2) is 47.6 Å². The van der Waals surface area contributed by atoms with Gasteiger partial charge in [0.1, 0.15) is 30.1 Å². The third-order valence-electron chi connectivity index (χ3n) is 15.1. The van der Waals surface area contributed by atoms with Crippen LogP contribution in [-0.4, -0.2) is 138 Å². The van der Waals surface area contributed by atoms with Crippen molar-refractivity contribution in [3.63, 3.8) is 0 Å². The van der Waals surface area contributed by atoms with E-state index in [9.17, 15) is 34.2 Å². The summed E-state index contributed by atoms with van der Waals surface area (Å²) in [6, 6.07) is -1.13. The summed E-state index contributed by atoms with van der Waals surface area (Å²) in [5.74, 6) is -7.71. The molecule has 15 heteroatoms. The number of alkyl halides is 1. The van der Waals surface area contributed by atoms with Crippen LogP contribution in [0.5, 0.6) is 0 Å². The average molecular weight is 1080 g/mol. The minimum atomic E-state index is -2.42. The highest BCUT2D eigenvalue weighted by molar-refractivity contribution is 14.1. The molecule has 1 amide bonds. The highest BCUT2D eigenvalue weighted by Gasteiger charge is 2.53. The summed E-state index contributed by atoms with van der Waals surface area (Å²) >= 11 is 2.34. The van der Waals surface area contributed by atoms with Crippen LogP contribution in [0.2, 0.25) is 0 Å². The summed E-state index contributed by atoms with van der Waals surface area (Å²) in [7, 11) is 4.67. The van der Waals surface area contributed by atoms with Crippen LogP contribution in [0.3, 0.4) is 0 Å². The molecule has 4 aliphatic rings. The summed E-state index contributed by atoms with van der Waals surface area (Å²) in [4.78, 5) is 72.3. The number of ether oxygens (including phenoxy) is 6. The van der Waals surface area contributed by atoms with Crippen molar-refractivity contribution in [2.24, 2.45) is 35.5 Å². The lowest BCUT2D eigenvalue weighted by Crippen LogP contribution is -2.61. The van der Waals surface area contributed by atoms with Crippen molar-refractivity contribution in [1.82, 2.24) is 4.90 Å². The van der Waals surface area contributed by atoms with Crippen LogP contribution in [0.4, 0.5) is 0 Å². The normalized spacial score (nSPS) is 38.8. The molecule has 2 bridgehead atoms. The van der Waals surface area contributed by atoms with Gasteiger partial charge in [0.15, 0.2) is 5.78 Å². The Bertz CT molecular complexity index is 1830. The highest BCUT2D eigenvalue weighted by Crippen LogP contribution is 2.38. The SMILES string of the molecule is CO[C@H]1C[C@@H]2CC[C@@H](C)[C@@](O)(O2)C(=O)C(=O)N2CCCCC2C(=O)O[C@H]([C@H](C)C[C@@H]2CC[C@@H](OCCCI)[C@H](OC)C2)CC(=O)[C@H](C)/C=C(\C)[C@@H](O)[C@@H](OC)C(=O)[C@H](C)C[C@H](C)/C=C/C=C/C=C/1C. The van der Waals surface area contributed by atoms with Crippen molar-refractivity contribution < 1.29 is 62.6 Å². The first-order chi connectivity index (χ1) is 32.8. The van der Waals surface area contributed by atoms with Gasteiger partial charge in [-0.05, 0) is 113 Å². The van der Waals surface area contributed by atoms with E-state index >= 15 is 0 Å². The Morgan fingerprint density at radius 2 is 1.61 bits per heavy atom. The number of halogens is 1. The molecule has 4 rings (SSSR count). The Hall–Kier alpha value is -2.64. The number of nitrogens with zero attached hydrogens (tertiary/aromatic N) is 1. The quantitative estimate of drug-likeness (QED) is 0.0536. The molecule has 2 N–H and O–H groups in total. The van der Waals surface area contributed by atoms with E-state index in [1.165, 1.54) is 12.0 Å². The van der Waals surface area contributed by atoms with Gasteiger partial charge >= 0.3 is 5.97 Å². The zero-order valence-corrected chi connectivity index (χ0v) is 45.2. The van der Waals surface area contributed by atoms with E-state index in [4.69, 9.17) is 28.4 Å². The minimum absolute atomic E-state index is 0.0166. The van der Waals surface area contributed by atoms with Crippen LogP contribution in [0.25, 0.3) is 0 Å². The van der Waals surface area contributed by atoms with E-state index in [-0.39, 0.29) is 60.9 Å². The number of fused-ring (bicyclic) bond motifs is 3. The lowest BCUT2D eigenvalue weighted by Gasteiger charge is -2.42. The maximum Gasteiger partial charge on any atom is 0.329 e. The minimum Gasteiger partial charge on any atom is -0.460 e. The molecule has 1 aliphatic carbocycles. The first-order valence-electron chi connectivity index (χ1n) is 25.5. The zero-order valence-electron chi connectivity index (χ0n) is 43.1. The van der Waals surface area contributed by atoms with E-state index in [2.05, 4.69) is 22.6 Å². The lowest BCUT2D eigenvalue weighted by atomic mass is 9.78. The Labute approximate surface area is 425 Å². The highest BCUT2D eigenvalue weighted by atomic mass is 127. The van der Waals surface area contributed by atoms with Crippen LogP contribution in [0.1, 0.15) is 132 Å². The second-order valence-electron chi connectivity index (χ2n) is 20.5. The number of ketones is 3. The third-order valence-corrected chi connectivity index (χ3v) is 15.8. The van der Waals surface area contributed by atoms with E-state index in [0.717, 1.165) is 35.7 Å². The van der Waals surface area contributed by atoms with E-state index in [0.29, 0.717) is 57.1 Å². The molecule has 3 fully saturated rings. The van der Waals surface area contributed by atoms with E-state index in [1.807, 2.05) is 58.1 Å². The number of allylic oxidation sites excluding steroid dienone is 6. The first-order valence-corrected chi connectivity index (χ1v) is 27.0. The van der Waals surface area contributed by atoms with E-state index in [1.54, 1.807) is 41.1 Å². The molecule has 15 atom stereocenters. The number of rotatable bonds is 10. The fraction of sp³-hybridized carbons (Fsp3) is 0.759. The second-order valence-corrected chi connectivity index (χ2v) is 21.6. The summed E-state index contributed by atoms with van der Waals surface area (Å²) in [6.07, 6.45) is 13.8. The second kappa shape index (κ2) is 28.6. The Morgan fingerprint density at radius 3 is 2.29 bits per heavy atom. The van der Waals surface area contributed by atoms with Gasteiger partial charge < -0.3 is 43.5 Å². The molecule has 3 aliphatic heterocycles. The van der Waals surface area contributed by atoms with E-state index < -0.39 is 77.8 Å². The van der Waals surface area contributed by atoms with Crippen LogP contribution >= 0.6 is 22.6 Å². The molecular weight excluding hydrogens is 997 g/mol. The molecular formula is C54H84INO13. The number of esters is 1. The summed E-state index contributed by atoms with van der Waals surface area (Å²) < 4.78 is 37.1. The topological polar surface area (TPSA) is 184 Å². The largest absolute Gasteiger partial charge is 0.460 e. The van der Waals surface area contributed by atoms with Gasteiger partial charge in [-0.3, -0.25) is 19.2 Å². The fourth-order valence-electron chi connectivity index (χ4n) is 10.6. The number of piperidine rings is 1. The molecule has 0 aromatic carbocycles. The van der Waals surface area contributed by atoms with Crippen molar-refractivity contribution >= 4 is 51.8 Å². The van der Waals surface area contributed by atoms with Crippen LogP contribution in [0, 0.1) is 35.5 Å². The summed E-state index contributed by atoms with van der Waals surface area (Å²) in [5, 5.41) is 23.5. The van der Waals surface area contributed by atoms with Gasteiger partial charge in [-0.25, -0.2) is 4.79 Å². The van der Waals surface area contributed by atoms with Crippen molar-refractivity contribution in [1.29, 1.82) is 0 Å². The average Bonchev–Trinajstić information content (AvgIpc) is 3.33. The summed E-state index contributed by atoms with van der Waals surface area (Å²) in [5.41, 5.74) is 1.29. The molecule has 14 nitrogen and oxygen atoms in total. The van der Waals surface area contributed by atoms with Crippen molar-refractivity contribution in [2.75, 3.05) is 38.9 Å². The van der Waals surface area contributed by atoms with Crippen molar-refractivity contribution in [3.8, 4) is 0 Å². The molecule has 1 saturated carbocycles. The molecule has 0 aromatic heterocycles. The summed E-state index contributed by atoms with van der Waals surface area (Å²) in [6.45, 7) is 13.6. The third kappa shape index (κ3) is 16.4. The number of aliphatic hydroxyl groups excluding tert-OH is 1. The van der Waals surface area contributed by atoms with Crippen molar-refractivity contribution in [2.45, 2.75) is 186 Å². The van der Waals surface area contributed by atoms with Crippen molar-refractivity contribution in [3.05, 3.63) is 47.6 Å². The number of cyclic esters (lactones) is 1. The predicted molar refractivity (Wildman–Crippen MR) is 272 cm³/mol. The number of aliphatic hydroxyl groups is 2. The monoisotopic (exact) mass is 1080 g/mol. The number of hydrogen-bond donors (Lipinski definition) is 2. The number of carbonyl (C=O) groups is 5. The maximum atomic E-state index is 14.5. The van der Waals surface area contributed by atoms with Gasteiger partial charge in [-0.15, -0.1) is 0 Å². The van der Waals surface area contributed by atoms with Gasteiger partial charge in [-0.2, -0.15) is 0 Å². The molecule has 0 spiro atoms. The smallest absolute Gasteiger partial charge is 0.329 e. The fourth-order valence-corrected chi connectivity index (χ4v) is 10.9. The molecule has 0 radical (unpaired) electrons. The molecule has 3 heterocycles.